The molecule has 6 unspecified atom stereocenters. The zero-order valence-corrected chi connectivity index (χ0v) is 16.5. The predicted molar refractivity (Wildman–Crippen MR) is 99.7 cm³/mol. The van der Waals surface area contributed by atoms with E-state index >= 15 is 0 Å². The molecule has 2 N–H and O–H groups in total. The molecule has 0 aromatic rings. The van der Waals surface area contributed by atoms with E-state index in [2.05, 4.69) is 43.3 Å². The Hall–Kier alpha value is -0.810. The minimum atomic E-state index is 0.161. The molecule has 2 aliphatic carbocycles. The van der Waals surface area contributed by atoms with Crippen molar-refractivity contribution in [1.82, 2.24) is 10.6 Å². The van der Waals surface area contributed by atoms with Crippen molar-refractivity contribution in [3.05, 3.63) is 0 Å². The average molecular weight is 350 g/mol. The Labute approximate surface area is 152 Å². The van der Waals surface area contributed by atoms with Crippen molar-refractivity contribution in [2.45, 2.75) is 77.7 Å². The fourth-order valence-electron chi connectivity index (χ4n) is 6.10. The van der Waals surface area contributed by atoms with Crippen molar-refractivity contribution in [1.29, 1.82) is 0 Å². The number of hydrogen-bond acceptors (Lipinski definition) is 3. The van der Waals surface area contributed by atoms with Crippen LogP contribution in [0.4, 0.5) is 0 Å². The van der Waals surface area contributed by atoms with Gasteiger partial charge < -0.3 is 20.1 Å². The Bertz CT molecular complexity index is 501. The van der Waals surface area contributed by atoms with Gasteiger partial charge in [-0.15, -0.1) is 0 Å². The molecule has 2 heterocycles. The van der Waals surface area contributed by atoms with E-state index in [0.717, 1.165) is 19.2 Å². The largest absolute Gasteiger partial charge is 0.377 e. The van der Waals surface area contributed by atoms with Crippen molar-refractivity contribution < 1.29 is 9.47 Å². The lowest BCUT2D eigenvalue weighted by Crippen LogP contribution is -2.74. The Morgan fingerprint density at radius 1 is 0.840 bits per heavy atom. The summed E-state index contributed by atoms with van der Waals surface area (Å²) in [6.45, 7) is 11.1. The third-order valence-corrected chi connectivity index (χ3v) is 7.47. The molecule has 4 aliphatic rings. The van der Waals surface area contributed by atoms with Gasteiger partial charge in [-0.2, -0.15) is 0 Å². The van der Waals surface area contributed by atoms with E-state index in [4.69, 9.17) is 9.47 Å². The number of rotatable bonds is 2. The average Bonchev–Trinajstić information content (AvgIpc) is 2.61. The molecule has 2 aliphatic heterocycles. The van der Waals surface area contributed by atoms with Crippen LogP contribution in [0.2, 0.25) is 0 Å². The summed E-state index contributed by atoms with van der Waals surface area (Å²) < 4.78 is 12.1. The molecule has 0 radical (unpaired) electrons. The van der Waals surface area contributed by atoms with Crippen molar-refractivity contribution in [2.75, 3.05) is 20.3 Å². The Balaban J connectivity index is 1.42. The van der Waals surface area contributed by atoms with Crippen LogP contribution >= 0.6 is 0 Å². The van der Waals surface area contributed by atoms with Gasteiger partial charge in [0.25, 0.3) is 0 Å². The molecule has 0 bridgehead atoms. The monoisotopic (exact) mass is 349 g/mol. The maximum Gasteiger partial charge on any atom is 0.191 e. The number of nitrogens with zero attached hydrogens (tertiary/aromatic N) is 1. The SMILES string of the molecule is CN=C(NC1C2CCCOC2C1(C)C)NC1C2CCCOC2C1(C)C. The molecule has 5 heteroatoms. The molecule has 25 heavy (non-hydrogen) atoms. The molecule has 142 valence electrons. The van der Waals surface area contributed by atoms with Crippen LogP contribution in [0.1, 0.15) is 53.4 Å². The van der Waals surface area contributed by atoms with Crippen molar-refractivity contribution in [3.8, 4) is 0 Å². The summed E-state index contributed by atoms with van der Waals surface area (Å²) in [6, 6.07) is 0.871. The Morgan fingerprint density at radius 2 is 1.28 bits per heavy atom. The second-order valence-corrected chi connectivity index (χ2v) is 9.65. The van der Waals surface area contributed by atoms with E-state index in [0.29, 0.717) is 36.1 Å². The molecule has 2 saturated carbocycles. The molecule has 0 aromatic carbocycles. The fraction of sp³-hybridized carbons (Fsp3) is 0.950. The van der Waals surface area contributed by atoms with Gasteiger partial charge in [-0.1, -0.05) is 27.7 Å². The van der Waals surface area contributed by atoms with Crippen LogP contribution in [0.5, 0.6) is 0 Å². The lowest BCUT2D eigenvalue weighted by Gasteiger charge is -2.62. The third-order valence-electron chi connectivity index (χ3n) is 7.47. The highest BCUT2D eigenvalue weighted by atomic mass is 16.5. The molecule has 4 fully saturated rings. The summed E-state index contributed by atoms with van der Waals surface area (Å²) in [5.41, 5.74) is 0.322. The van der Waals surface area contributed by atoms with Crippen LogP contribution in [-0.2, 0) is 9.47 Å². The van der Waals surface area contributed by atoms with Crippen LogP contribution in [-0.4, -0.2) is 50.5 Å². The molecule has 6 atom stereocenters. The summed E-state index contributed by atoms with van der Waals surface area (Å²) in [5.74, 6) is 2.18. The first kappa shape index (κ1) is 17.6. The molecular formula is C20H35N3O2. The van der Waals surface area contributed by atoms with Gasteiger partial charge in [0.15, 0.2) is 5.96 Å². The number of guanidine groups is 1. The highest BCUT2D eigenvalue weighted by Crippen LogP contribution is 2.52. The van der Waals surface area contributed by atoms with Gasteiger partial charge in [0, 0.05) is 55.0 Å². The van der Waals surface area contributed by atoms with E-state index in [1.165, 1.54) is 25.7 Å². The minimum Gasteiger partial charge on any atom is -0.377 e. The third kappa shape index (κ3) is 2.61. The summed E-state index contributed by atoms with van der Waals surface area (Å²) >= 11 is 0. The Kier molecular flexibility index (Phi) is 4.31. The smallest absolute Gasteiger partial charge is 0.191 e. The van der Waals surface area contributed by atoms with Crippen LogP contribution in [0.3, 0.4) is 0 Å². The summed E-state index contributed by atoms with van der Waals surface area (Å²) in [6.07, 6.45) is 5.67. The van der Waals surface area contributed by atoms with Crippen molar-refractivity contribution in [3.63, 3.8) is 0 Å². The molecule has 0 spiro atoms. The van der Waals surface area contributed by atoms with E-state index in [1.807, 2.05) is 7.05 Å². The molecule has 0 amide bonds. The number of fused-ring (bicyclic) bond motifs is 2. The molecular weight excluding hydrogens is 314 g/mol. The van der Waals surface area contributed by atoms with Gasteiger partial charge in [-0.25, -0.2) is 0 Å². The van der Waals surface area contributed by atoms with Gasteiger partial charge in [0.05, 0.1) is 12.2 Å². The lowest BCUT2D eigenvalue weighted by atomic mass is 9.55. The van der Waals surface area contributed by atoms with Gasteiger partial charge >= 0.3 is 0 Å². The highest BCUT2D eigenvalue weighted by Gasteiger charge is 2.60. The first-order valence-electron chi connectivity index (χ1n) is 10.1. The number of aliphatic imine (C=N–C) groups is 1. The lowest BCUT2D eigenvalue weighted by molar-refractivity contribution is -0.192. The predicted octanol–water partition coefficient (Wildman–Crippen LogP) is 2.56. The summed E-state index contributed by atoms with van der Waals surface area (Å²) in [5, 5.41) is 7.49. The summed E-state index contributed by atoms with van der Waals surface area (Å²) in [7, 11) is 1.89. The number of nitrogens with one attached hydrogen (secondary N) is 2. The Morgan fingerprint density at radius 3 is 1.68 bits per heavy atom. The molecule has 2 saturated heterocycles. The van der Waals surface area contributed by atoms with E-state index in [1.54, 1.807) is 0 Å². The van der Waals surface area contributed by atoms with Gasteiger partial charge in [0.1, 0.15) is 0 Å². The van der Waals surface area contributed by atoms with E-state index in [-0.39, 0.29) is 10.8 Å². The van der Waals surface area contributed by atoms with E-state index in [9.17, 15) is 0 Å². The van der Waals surface area contributed by atoms with Crippen LogP contribution in [0.15, 0.2) is 4.99 Å². The van der Waals surface area contributed by atoms with Gasteiger partial charge in [-0.05, 0) is 25.7 Å². The standard InChI is InChI=1S/C20H35N3O2/c1-19(2)14(12-8-6-10-24-16(12)19)22-18(21-5)23-15-13-9-7-11-25-17(13)20(15,3)4/h12-17H,6-11H2,1-5H3,(H2,21,22,23). The number of ether oxygens (including phenoxy) is 2. The number of hydrogen-bond donors (Lipinski definition) is 2. The molecule has 4 rings (SSSR count). The minimum absolute atomic E-state index is 0.161. The maximum atomic E-state index is 6.04. The van der Waals surface area contributed by atoms with Crippen LogP contribution < -0.4 is 10.6 Å². The second kappa shape index (κ2) is 6.12. The molecule has 0 aromatic heterocycles. The fourth-order valence-corrected chi connectivity index (χ4v) is 6.10. The van der Waals surface area contributed by atoms with Crippen molar-refractivity contribution >= 4 is 5.96 Å². The maximum absolute atomic E-state index is 6.04. The molecule has 5 nitrogen and oxygen atoms in total. The normalized spacial score (nSPS) is 43.6. The zero-order valence-electron chi connectivity index (χ0n) is 16.5. The first-order valence-corrected chi connectivity index (χ1v) is 10.1. The van der Waals surface area contributed by atoms with Gasteiger partial charge in [-0.3, -0.25) is 4.99 Å². The summed E-state index contributed by atoms with van der Waals surface area (Å²) in [4.78, 5) is 4.55. The van der Waals surface area contributed by atoms with Crippen LogP contribution in [0, 0.1) is 22.7 Å². The highest BCUT2D eigenvalue weighted by molar-refractivity contribution is 5.81. The van der Waals surface area contributed by atoms with Gasteiger partial charge in [0.2, 0.25) is 0 Å². The quantitative estimate of drug-likeness (QED) is 0.594. The van der Waals surface area contributed by atoms with E-state index < -0.39 is 0 Å². The zero-order chi connectivity index (χ0) is 17.8. The van der Waals surface area contributed by atoms with Crippen LogP contribution in [0.25, 0.3) is 0 Å². The second-order valence-electron chi connectivity index (χ2n) is 9.65. The van der Waals surface area contributed by atoms with Crippen molar-refractivity contribution in [2.24, 2.45) is 27.7 Å². The topological polar surface area (TPSA) is 54.9 Å². The first-order chi connectivity index (χ1) is 11.9.